The number of pyridine rings is 1. The molecule has 0 radical (unpaired) electrons. The van der Waals surface area contributed by atoms with Crippen molar-refractivity contribution in [1.82, 2.24) is 24.7 Å². The molecule has 14 N–H and O–H groups in total. The van der Waals surface area contributed by atoms with Gasteiger partial charge in [0.1, 0.15) is 63.3 Å². The lowest BCUT2D eigenvalue weighted by molar-refractivity contribution is 0.0992. The monoisotopic (exact) mass is 1820 g/mol. The van der Waals surface area contributed by atoms with Crippen molar-refractivity contribution in [1.29, 1.82) is 0 Å². The van der Waals surface area contributed by atoms with Crippen LogP contribution in [0.5, 0.6) is 0 Å². The van der Waals surface area contributed by atoms with Crippen molar-refractivity contribution in [2.24, 2.45) is 82.1 Å². The van der Waals surface area contributed by atoms with E-state index in [1.165, 1.54) is 30.3 Å². The molecule has 0 aliphatic carbocycles. The first-order chi connectivity index (χ1) is 65.1. The number of nitrogens with zero attached hydrogens (tertiary/aromatic N) is 12. The quantitative estimate of drug-likeness (QED) is 0.0531. The summed E-state index contributed by atoms with van der Waals surface area (Å²) in [5, 5.41) is 6.12. The fourth-order valence-corrected chi connectivity index (χ4v) is 17.0. The van der Waals surface area contributed by atoms with Crippen LogP contribution in [-0.4, -0.2) is 197 Å². The van der Waals surface area contributed by atoms with E-state index < -0.39 is 0 Å². The maximum atomic E-state index is 13.8. The van der Waals surface area contributed by atoms with Crippen molar-refractivity contribution in [3.8, 4) is 77.3 Å². The van der Waals surface area contributed by atoms with E-state index >= 15 is 0 Å². The fraction of sp³-hybridized carbons (Fsp3) is 0.146. The lowest BCUT2D eigenvalue weighted by Gasteiger charge is -2.16. The number of benzene rings is 10. The molecule has 21 rings (SSSR count). The molecule has 0 amide bonds. The molecule has 7 aliphatic rings. The van der Waals surface area contributed by atoms with E-state index in [1.807, 2.05) is 146 Å². The third-order valence-electron chi connectivity index (χ3n) is 22.7. The number of aryl methyl sites for hydroxylation is 1. The largest absolute Gasteiger partial charge is 0.325 e. The van der Waals surface area contributed by atoms with Gasteiger partial charge < -0.3 is 40.1 Å². The van der Waals surface area contributed by atoms with E-state index in [4.69, 9.17) is 40.1 Å². The smallest absolute Gasteiger partial charge is 0.184 e. The van der Waals surface area contributed by atoms with Crippen LogP contribution in [0.3, 0.4) is 0 Å². The summed E-state index contributed by atoms with van der Waals surface area (Å²) in [4.78, 5) is 126. The number of ketones is 7. The summed E-state index contributed by atoms with van der Waals surface area (Å²) in [6.45, 7) is 3.51. The van der Waals surface area contributed by atoms with Crippen LogP contribution in [-0.2, 0) is 7.05 Å². The molecule has 0 spiro atoms. The third-order valence-corrected chi connectivity index (χ3v) is 24.1. The number of fused-ring (bicyclic) bond motifs is 7. The highest BCUT2D eigenvalue weighted by Gasteiger charge is 2.28. The standard InChI is InChI=1S/3C16H13FN2O.C15H13N3O.C14H14N4O.2C13H11N3OS/c17-12-4-1-10(2-5-12)11-3-6-13-14(7-11)16(20)9-19-15(13)8-18;17-12-3-1-2-10(6-12)11-4-5-13-14(7-11)16(20)9-19-15(13)8-18;17-14-4-2-1-3-11(14)10-5-6-12-13(7-10)16(20)9-19-15(12)8-18;16-8-14-12-2-1-11(10-3-5-17-6-4-10)7-13(12)15(19)9-18-14;1-18-8-10(6-17-18)9-2-3-11-12(4-9)14(19)7-16-13(11)5-15;14-4-11-10-3-8(12-6-18-7-16-12)1-2-9(10)13(17)5-15-11;14-4-11-10-3-8(13-6-15-7-18-13)1-2-9(10)12(17)5-16-11/h3*1-7H,8-9,18H2;1-7H,8-9,16H2;2-4,6,8H,5,7,15H2,1H3;2*1-3,6-7H,4-5,14H2. The van der Waals surface area contributed by atoms with Crippen LogP contribution in [0.1, 0.15) is 111 Å². The average Bonchev–Trinajstić information content (AvgIpc) is 1.06. The Morgan fingerprint density at radius 2 is 0.649 bits per heavy atom. The molecule has 0 saturated heterocycles. The fourth-order valence-electron chi connectivity index (χ4n) is 15.8. The Balaban J connectivity index is 0.000000119. The summed E-state index contributed by atoms with van der Waals surface area (Å²) in [6, 6.07) is 62.4. The van der Waals surface area contributed by atoms with E-state index in [9.17, 15) is 46.7 Å². The predicted molar refractivity (Wildman–Crippen MR) is 522 cm³/mol. The number of halogens is 3. The third kappa shape index (κ3) is 21.3. The van der Waals surface area contributed by atoms with Gasteiger partial charge in [0.05, 0.1) is 67.8 Å². The molecule has 10 aromatic carbocycles. The van der Waals surface area contributed by atoms with Gasteiger partial charge in [-0.2, -0.15) is 5.10 Å². The molecule has 134 heavy (non-hydrogen) atoms. The van der Waals surface area contributed by atoms with Crippen LogP contribution >= 0.6 is 22.7 Å². The molecule has 7 aliphatic heterocycles. The van der Waals surface area contributed by atoms with Crippen molar-refractivity contribution in [3.63, 3.8) is 0 Å². The summed E-state index contributed by atoms with van der Waals surface area (Å²) < 4.78 is 41.8. The number of rotatable bonds is 14. The highest BCUT2D eigenvalue weighted by Crippen LogP contribution is 2.35. The molecule has 11 heterocycles. The predicted octanol–water partition coefficient (Wildman–Crippen LogP) is 13.5. The van der Waals surface area contributed by atoms with Crippen molar-refractivity contribution in [2.75, 3.05) is 91.6 Å². The second-order valence-electron chi connectivity index (χ2n) is 30.9. The van der Waals surface area contributed by atoms with E-state index in [0.717, 1.165) is 151 Å². The molecule has 14 aromatic rings. The second-order valence-corrected chi connectivity index (χ2v) is 32.5. The van der Waals surface area contributed by atoms with Crippen LogP contribution in [0, 0.1) is 17.5 Å². The number of aromatic nitrogens is 5. The van der Waals surface area contributed by atoms with Crippen molar-refractivity contribution >= 4 is 103 Å². The summed E-state index contributed by atoms with van der Waals surface area (Å²) in [5.41, 5.74) is 70.5. The number of carbonyl (C=O) groups excluding carboxylic acids is 7. The summed E-state index contributed by atoms with van der Waals surface area (Å²) in [5.74, 6) is -0.794. The molecular formula is C103H88F3N19O7S2. The minimum absolute atomic E-state index is 0.0128. The Labute approximate surface area is 776 Å². The summed E-state index contributed by atoms with van der Waals surface area (Å²) in [6.07, 6.45) is 9.00. The molecule has 0 atom stereocenters. The highest BCUT2D eigenvalue weighted by atomic mass is 32.1. The Morgan fingerprint density at radius 1 is 0.299 bits per heavy atom. The first-order valence-corrected chi connectivity index (χ1v) is 44.3. The molecule has 26 nitrogen and oxygen atoms in total. The van der Waals surface area contributed by atoms with Gasteiger partial charge in [-0.1, -0.05) is 121 Å². The van der Waals surface area contributed by atoms with E-state index in [-0.39, 0.29) is 104 Å². The van der Waals surface area contributed by atoms with Gasteiger partial charge in [-0.05, 0) is 141 Å². The number of nitrogens with two attached hydrogens (primary N) is 7. The van der Waals surface area contributed by atoms with E-state index in [0.29, 0.717) is 90.3 Å². The van der Waals surface area contributed by atoms with Gasteiger partial charge >= 0.3 is 0 Å². The van der Waals surface area contributed by atoms with E-state index in [2.05, 4.69) is 55.0 Å². The van der Waals surface area contributed by atoms with Gasteiger partial charge in [0, 0.05) is 178 Å². The SMILES string of the molecule is Cn1cc(-c2ccc3c(c2)C(=O)CN=C3CN)cn1.NCC1=NCC(=O)c2cc(-c3ccc(F)cc3)ccc21.NCC1=NCC(=O)c2cc(-c3cccc(F)c3)ccc21.NCC1=NCC(=O)c2cc(-c3ccccc3F)ccc21.NCC1=NCC(=O)c2cc(-c3ccncc3)ccc21.NCC1=NCC(=O)c2ccc(-c3cncs3)cc21.NCC1=NCC(=O)c2ccc(-c3cscn3)cc21. The van der Waals surface area contributed by atoms with Gasteiger partial charge in [0.15, 0.2) is 40.5 Å². The van der Waals surface area contributed by atoms with Crippen LogP contribution in [0.15, 0.2) is 295 Å². The number of thiazole rings is 2. The maximum absolute atomic E-state index is 13.8. The average molecular weight is 1830 g/mol. The molecular weight excluding hydrogens is 1740 g/mol. The van der Waals surface area contributed by atoms with Gasteiger partial charge in [-0.15, -0.1) is 22.7 Å². The van der Waals surface area contributed by atoms with Gasteiger partial charge in [0.2, 0.25) is 0 Å². The minimum Gasteiger partial charge on any atom is -0.325 e. The number of hydrogen-bond acceptors (Lipinski definition) is 27. The lowest BCUT2D eigenvalue weighted by atomic mass is 9.92. The normalized spacial score (nSPS) is 14.1. The molecule has 0 saturated carbocycles. The zero-order valence-electron chi connectivity index (χ0n) is 72.4. The highest BCUT2D eigenvalue weighted by molar-refractivity contribution is 7.13. The van der Waals surface area contributed by atoms with Gasteiger partial charge in [0.25, 0.3) is 0 Å². The topological polar surface area (TPSA) is 445 Å². The zero-order valence-corrected chi connectivity index (χ0v) is 74.1. The number of hydrogen-bond donors (Lipinski definition) is 7. The molecule has 670 valence electrons. The molecule has 0 unspecified atom stereocenters. The van der Waals surface area contributed by atoms with Gasteiger partial charge in [-0.3, -0.25) is 83.2 Å². The number of Topliss-reactive ketones (excluding diaryl/α,β-unsaturated/α-hetero) is 7. The molecule has 4 aromatic heterocycles. The minimum atomic E-state index is -0.302. The van der Waals surface area contributed by atoms with Crippen molar-refractivity contribution in [3.05, 3.63) is 355 Å². The maximum Gasteiger partial charge on any atom is 0.184 e. The molecule has 31 heteroatoms. The summed E-state index contributed by atoms with van der Waals surface area (Å²) >= 11 is 3.12. The number of aliphatic imine (C=N–C) groups is 7. The van der Waals surface area contributed by atoms with Crippen molar-refractivity contribution in [2.45, 2.75) is 0 Å². The second kappa shape index (κ2) is 43.2. The number of carbonyl (C=O) groups is 7. The summed E-state index contributed by atoms with van der Waals surface area (Å²) in [7, 11) is 1.87. The van der Waals surface area contributed by atoms with Crippen LogP contribution in [0.4, 0.5) is 13.2 Å². The Bertz CT molecular complexity index is 7020. The first kappa shape index (κ1) is 93.4. The molecule has 0 bridgehead atoms. The Kier molecular flexibility index (Phi) is 30.1. The van der Waals surface area contributed by atoms with Crippen LogP contribution in [0.2, 0.25) is 0 Å². The lowest BCUT2D eigenvalue weighted by Crippen LogP contribution is -2.24. The molecule has 0 fully saturated rings. The van der Waals surface area contributed by atoms with Crippen molar-refractivity contribution < 1.29 is 46.7 Å². The van der Waals surface area contributed by atoms with Gasteiger partial charge in [-0.25, -0.2) is 18.2 Å². The Morgan fingerprint density at radius 3 is 1.04 bits per heavy atom. The first-order valence-electron chi connectivity index (χ1n) is 42.5. The van der Waals surface area contributed by atoms with Crippen LogP contribution < -0.4 is 40.1 Å². The van der Waals surface area contributed by atoms with Crippen LogP contribution in [0.25, 0.3) is 77.3 Å². The Hall–Kier alpha value is -15.3. The zero-order chi connectivity index (χ0) is 94.1. The van der Waals surface area contributed by atoms with E-state index in [1.54, 1.807) is 118 Å².